The molecule has 1 aromatic carbocycles. The Morgan fingerprint density at radius 3 is 2.73 bits per heavy atom. The van der Waals surface area contributed by atoms with Gasteiger partial charge < -0.3 is 15.4 Å². The van der Waals surface area contributed by atoms with Gasteiger partial charge in [0.2, 0.25) is 0 Å². The lowest BCUT2D eigenvalue weighted by molar-refractivity contribution is -0.139. The first kappa shape index (κ1) is 19.6. The quantitative estimate of drug-likeness (QED) is 0.464. The molecule has 2 N–H and O–H groups in total. The Balaban J connectivity index is 2.37. The first-order chi connectivity index (χ1) is 12.6. The van der Waals surface area contributed by atoms with Crippen LogP contribution in [-0.4, -0.2) is 18.6 Å². The summed E-state index contributed by atoms with van der Waals surface area (Å²) < 4.78 is 5.18. The lowest BCUT2D eigenvalue weighted by Crippen LogP contribution is -2.45. The minimum Gasteiger partial charge on any atom is -0.463 e. The van der Waals surface area contributed by atoms with Gasteiger partial charge in [-0.15, -0.1) is 0 Å². The normalized spacial score (nSPS) is 16.3. The number of ether oxygens (including phenoxy) is 1. The number of hydrogen-bond donors (Lipinski definition) is 2. The maximum Gasteiger partial charge on any atom is 0.338 e. The van der Waals surface area contributed by atoms with Crippen LogP contribution in [0.25, 0.3) is 0 Å². The van der Waals surface area contributed by atoms with Crippen LogP contribution in [-0.2, 0) is 9.53 Å². The van der Waals surface area contributed by atoms with Crippen molar-refractivity contribution in [2.75, 3.05) is 6.61 Å². The summed E-state index contributed by atoms with van der Waals surface area (Å²) in [5.41, 5.74) is 2.52. The highest BCUT2D eigenvalue weighted by Gasteiger charge is 2.33. The molecule has 0 bridgehead atoms. The number of hydrogen-bond acceptors (Lipinski definition) is 3. The summed E-state index contributed by atoms with van der Waals surface area (Å²) in [7, 11) is 0. The average Bonchev–Trinajstić information content (AvgIpc) is 2.61. The molecule has 0 saturated carbocycles. The summed E-state index contributed by atoms with van der Waals surface area (Å²) in [4.78, 5) is 24.4. The number of allylic oxidation sites excluding steroid dienone is 1. The number of esters is 1. The van der Waals surface area contributed by atoms with Gasteiger partial charge in [-0.05, 0) is 31.9 Å². The van der Waals surface area contributed by atoms with E-state index in [9.17, 15) is 9.59 Å². The van der Waals surface area contributed by atoms with Crippen molar-refractivity contribution in [2.45, 2.75) is 52.5 Å². The summed E-state index contributed by atoms with van der Waals surface area (Å²) >= 11 is 0. The monoisotopic (exact) mass is 354 g/mol. The van der Waals surface area contributed by atoms with E-state index in [4.69, 9.17) is 4.74 Å². The summed E-state index contributed by atoms with van der Waals surface area (Å²) in [6, 6.07) is 6.66. The van der Waals surface area contributed by atoms with Crippen LogP contribution in [0.5, 0.6) is 0 Å². The van der Waals surface area contributed by atoms with Crippen molar-refractivity contribution in [2.24, 2.45) is 0 Å². The summed E-state index contributed by atoms with van der Waals surface area (Å²) in [6.07, 6.45) is 4.23. The van der Waals surface area contributed by atoms with Gasteiger partial charge in [-0.2, -0.15) is 0 Å². The molecule has 1 atom stereocenters. The number of urea groups is 1. The summed E-state index contributed by atoms with van der Waals surface area (Å²) in [5.74, 6) is 5.95. The van der Waals surface area contributed by atoms with E-state index < -0.39 is 12.0 Å². The van der Waals surface area contributed by atoms with E-state index in [2.05, 4.69) is 29.4 Å². The number of nitrogens with one attached hydrogen (secondary N) is 2. The fraction of sp³-hybridized carbons (Fsp3) is 0.429. The summed E-state index contributed by atoms with van der Waals surface area (Å²) in [5, 5.41) is 5.47. The van der Waals surface area contributed by atoms with E-state index in [0.717, 1.165) is 36.8 Å². The van der Waals surface area contributed by atoms with Crippen LogP contribution in [0.15, 0.2) is 35.5 Å². The third kappa shape index (κ3) is 4.89. The number of unbranched alkanes of at least 4 members (excludes halogenated alkanes) is 3. The molecule has 1 unspecified atom stereocenters. The fourth-order valence-electron chi connectivity index (χ4n) is 2.89. The maximum atomic E-state index is 12.4. The van der Waals surface area contributed by atoms with Crippen molar-refractivity contribution in [1.82, 2.24) is 10.6 Å². The van der Waals surface area contributed by atoms with E-state index in [1.165, 1.54) is 0 Å². The number of benzene rings is 1. The van der Waals surface area contributed by atoms with Gasteiger partial charge in [-0.3, -0.25) is 0 Å². The largest absolute Gasteiger partial charge is 0.463 e. The second-order valence-electron chi connectivity index (χ2n) is 6.14. The van der Waals surface area contributed by atoms with E-state index in [1.807, 2.05) is 24.3 Å². The Kier molecular flexibility index (Phi) is 7.28. The van der Waals surface area contributed by atoms with Gasteiger partial charge in [0.05, 0.1) is 18.2 Å². The molecule has 0 saturated heterocycles. The Bertz CT molecular complexity index is 756. The second-order valence-corrected chi connectivity index (χ2v) is 6.14. The van der Waals surface area contributed by atoms with Gasteiger partial charge in [0.15, 0.2) is 0 Å². The van der Waals surface area contributed by atoms with Crippen molar-refractivity contribution < 1.29 is 14.3 Å². The molecule has 2 amide bonds. The van der Waals surface area contributed by atoms with Crippen LogP contribution >= 0.6 is 0 Å². The number of amides is 2. The third-order valence-electron chi connectivity index (χ3n) is 4.16. The molecule has 5 heteroatoms. The lowest BCUT2D eigenvalue weighted by atomic mass is 9.92. The van der Waals surface area contributed by atoms with E-state index >= 15 is 0 Å². The van der Waals surface area contributed by atoms with Gasteiger partial charge in [0.1, 0.15) is 0 Å². The molecule has 1 aromatic rings. The topological polar surface area (TPSA) is 67.4 Å². The van der Waals surface area contributed by atoms with Crippen LogP contribution in [0.1, 0.15) is 63.6 Å². The van der Waals surface area contributed by atoms with Crippen LogP contribution in [0.4, 0.5) is 4.79 Å². The van der Waals surface area contributed by atoms with Crippen LogP contribution in [0.3, 0.4) is 0 Å². The minimum absolute atomic E-state index is 0.273. The molecule has 0 aliphatic carbocycles. The predicted octanol–water partition coefficient (Wildman–Crippen LogP) is 3.81. The van der Waals surface area contributed by atoms with Crippen molar-refractivity contribution in [3.63, 3.8) is 0 Å². The van der Waals surface area contributed by atoms with Gasteiger partial charge >= 0.3 is 12.0 Å². The molecule has 1 aliphatic rings. The first-order valence-electron chi connectivity index (χ1n) is 9.11. The average molecular weight is 354 g/mol. The molecular weight excluding hydrogens is 328 g/mol. The molecule has 0 aromatic heterocycles. The molecule has 5 nitrogen and oxygen atoms in total. The van der Waals surface area contributed by atoms with Crippen LogP contribution in [0.2, 0.25) is 0 Å². The van der Waals surface area contributed by atoms with Crippen molar-refractivity contribution in [3.8, 4) is 11.8 Å². The zero-order valence-corrected chi connectivity index (χ0v) is 15.6. The molecule has 0 spiro atoms. The Hall–Kier alpha value is -2.74. The number of carbonyl (C=O) groups excluding carboxylic acids is 2. The number of carbonyl (C=O) groups is 2. The molecule has 0 radical (unpaired) electrons. The Morgan fingerprint density at radius 1 is 1.23 bits per heavy atom. The van der Waals surface area contributed by atoms with Crippen molar-refractivity contribution >= 4 is 12.0 Å². The molecule has 1 heterocycles. The Morgan fingerprint density at radius 2 is 2.00 bits per heavy atom. The SMILES string of the molecule is CCCCCC#Cc1ccccc1C1NC(=O)NC(C)=C1C(=O)OCC. The van der Waals surface area contributed by atoms with Gasteiger partial charge in [-0.25, -0.2) is 9.59 Å². The van der Waals surface area contributed by atoms with Gasteiger partial charge in [-0.1, -0.05) is 49.8 Å². The van der Waals surface area contributed by atoms with Gasteiger partial charge in [0.25, 0.3) is 0 Å². The zero-order chi connectivity index (χ0) is 18.9. The molecule has 0 fully saturated rings. The predicted molar refractivity (Wildman–Crippen MR) is 101 cm³/mol. The van der Waals surface area contributed by atoms with Crippen molar-refractivity contribution in [1.29, 1.82) is 0 Å². The highest BCUT2D eigenvalue weighted by atomic mass is 16.5. The summed E-state index contributed by atoms with van der Waals surface area (Å²) in [6.45, 7) is 5.90. The fourth-order valence-corrected chi connectivity index (χ4v) is 2.89. The Labute approximate surface area is 155 Å². The number of rotatable bonds is 6. The maximum absolute atomic E-state index is 12.4. The lowest BCUT2D eigenvalue weighted by Gasteiger charge is -2.28. The second kappa shape index (κ2) is 9.67. The zero-order valence-electron chi connectivity index (χ0n) is 15.6. The third-order valence-corrected chi connectivity index (χ3v) is 4.16. The minimum atomic E-state index is -0.580. The molecule has 1 aliphatic heterocycles. The first-order valence-corrected chi connectivity index (χ1v) is 9.11. The van der Waals surface area contributed by atoms with Gasteiger partial charge in [0, 0.05) is 17.7 Å². The highest BCUT2D eigenvalue weighted by molar-refractivity contribution is 5.95. The molecule has 138 valence electrons. The van der Waals surface area contributed by atoms with E-state index in [0.29, 0.717) is 11.3 Å². The van der Waals surface area contributed by atoms with Crippen molar-refractivity contribution in [3.05, 3.63) is 46.7 Å². The standard InChI is InChI=1S/C21H26N2O3/c1-4-6-7-8-9-12-16-13-10-11-14-17(16)19-18(20(24)26-5-2)15(3)22-21(25)23-19/h10-11,13-14,19H,4-8H2,1-3H3,(H2,22,23,25). The van der Waals surface area contributed by atoms with E-state index in [-0.39, 0.29) is 12.6 Å². The van der Waals surface area contributed by atoms with Crippen LogP contribution < -0.4 is 10.6 Å². The molecule has 2 rings (SSSR count). The van der Waals surface area contributed by atoms with Crippen LogP contribution in [0, 0.1) is 11.8 Å². The molecular formula is C21H26N2O3. The molecule has 26 heavy (non-hydrogen) atoms. The van der Waals surface area contributed by atoms with E-state index in [1.54, 1.807) is 13.8 Å². The highest BCUT2D eigenvalue weighted by Crippen LogP contribution is 2.29. The smallest absolute Gasteiger partial charge is 0.338 e.